The number of para-hydroxylation sites is 4. The van der Waals surface area contributed by atoms with E-state index in [-0.39, 0.29) is 0 Å². The monoisotopic (exact) mass is 786 g/mol. The first kappa shape index (κ1) is 34.6. The van der Waals surface area contributed by atoms with Gasteiger partial charge in [0.05, 0.1) is 22.1 Å². The summed E-state index contributed by atoms with van der Waals surface area (Å²) in [6.07, 6.45) is 0. The highest BCUT2D eigenvalue weighted by Gasteiger charge is 2.20. The van der Waals surface area contributed by atoms with E-state index >= 15 is 0 Å². The maximum absolute atomic E-state index is 2.47. The van der Waals surface area contributed by atoms with Crippen molar-refractivity contribution in [2.75, 3.05) is 0 Å². The molecule has 0 N–H and O–H groups in total. The molecule has 0 aliphatic heterocycles. The number of nitrogens with zero attached hydrogens (tertiary/aromatic N) is 2. The van der Waals surface area contributed by atoms with Gasteiger partial charge in [0, 0.05) is 32.9 Å². The Bertz CT molecular complexity index is 3690. The summed E-state index contributed by atoms with van der Waals surface area (Å²) in [5.41, 5.74) is 14.5. The molecule has 0 saturated heterocycles. The quantitative estimate of drug-likeness (QED) is 0.154. The second-order valence-corrected chi connectivity index (χ2v) is 16.4. The molecule has 288 valence electrons. The van der Waals surface area contributed by atoms with E-state index < -0.39 is 0 Å². The molecular formula is C60H38N2. The van der Waals surface area contributed by atoms with Crippen LogP contribution in [0.15, 0.2) is 231 Å². The average Bonchev–Trinajstić information content (AvgIpc) is 3.85. The van der Waals surface area contributed by atoms with Crippen LogP contribution in [0, 0.1) is 0 Å². The number of fused-ring (bicyclic) bond motifs is 9. The van der Waals surface area contributed by atoms with E-state index in [9.17, 15) is 0 Å². The molecule has 0 aliphatic carbocycles. The second kappa shape index (κ2) is 13.7. The van der Waals surface area contributed by atoms with Gasteiger partial charge in [-0.15, -0.1) is 0 Å². The number of hydrogen-bond donors (Lipinski definition) is 0. The van der Waals surface area contributed by atoms with Crippen molar-refractivity contribution in [2.24, 2.45) is 0 Å². The van der Waals surface area contributed by atoms with Crippen LogP contribution in [0.2, 0.25) is 0 Å². The van der Waals surface area contributed by atoms with Crippen LogP contribution in [0.1, 0.15) is 0 Å². The summed E-state index contributed by atoms with van der Waals surface area (Å²) in [6, 6.07) is 84.9. The first-order chi connectivity index (χ1) is 30.8. The van der Waals surface area contributed by atoms with Crippen molar-refractivity contribution < 1.29 is 0 Å². The Kier molecular flexibility index (Phi) is 7.64. The summed E-state index contributed by atoms with van der Waals surface area (Å²) in [5.74, 6) is 0. The van der Waals surface area contributed by atoms with Gasteiger partial charge < -0.3 is 9.13 Å². The molecule has 2 nitrogen and oxygen atoms in total. The predicted molar refractivity (Wildman–Crippen MR) is 264 cm³/mol. The number of rotatable bonds is 5. The fourth-order valence-corrected chi connectivity index (χ4v) is 10.4. The Morgan fingerprint density at radius 2 is 0.629 bits per heavy atom. The summed E-state index contributed by atoms with van der Waals surface area (Å²) in [6.45, 7) is 0. The summed E-state index contributed by atoms with van der Waals surface area (Å²) < 4.78 is 4.83. The Morgan fingerprint density at radius 1 is 0.226 bits per heavy atom. The zero-order valence-corrected chi connectivity index (χ0v) is 33.8. The number of hydrogen-bond acceptors (Lipinski definition) is 0. The van der Waals surface area contributed by atoms with Crippen molar-refractivity contribution >= 4 is 75.9 Å². The van der Waals surface area contributed by atoms with Gasteiger partial charge in [0.1, 0.15) is 0 Å². The largest absolute Gasteiger partial charge is 0.309 e. The van der Waals surface area contributed by atoms with Crippen LogP contribution in [-0.2, 0) is 0 Å². The molecule has 13 rings (SSSR count). The van der Waals surface area contributed by atoms with Gasteiger partial charge in [-0.1, -0.05) is 176 Å². The molecule has 0 bridgehead atoms. The van der Waals surface area contributed by atoms with Crippen LogP contribution in [0.3, 0.4) is 0 Å². The van der Waals surface area contributed by atoms with Gasteiger partial charge in [-0.2, -0.15) is 0 Å². The smallest absolute Gasteiger partial charge is 0.0547 e. The third-order valence-corrected chi connectivity index (χ3v) is 13.1. The first-order valence-electron chi connectivity index (χ1n) is 21.4. The zero-order chi connectivity index (χ0) is 40.7. The minimum absolute atomic E-state index is 1.16. The molecule has 2 aromatic heterocycles. The van der Waals surface area contributed by atoms with Gasteiger partial charge in [0.25, 0.3) is 0 Å². The standard InChI is InChI=1S/C60H38N2/c1-3-18-42(19-4-1)61-56-30-11-9-23-47(56)49-34-32-40(36-58(49)61)45-25-14-28-52-54(45)38-55-46(26-15-29-53(55)60(52)51-27-13-17-39-16-7-8-22-44(39)51)41-33-35-50-48-24-10-12-31-57(48)62(59(50)37-41)43-20-5-2-6-21-43/h1-38H. The lowest BCUT2D eigenvalue weighted by atomic mass is 9.85. The van der Waals surface area contributed by atoms with Crippen LogP contribution < -0.4 is 0 Å². The molecule has 0 amide bonds. The van der Waals surface area contributed by atoms with E-state index in [0.717, 1.165) is 11.4 Å². The molecule has 0 spiro atoms. The summed E-state index contributed by atoms with van der Waals surface area (Å²) in [5, 5.41) is 12.5. The molecule has 62 heavy (non-hydrogen) atoms. The van der Waals surface area contributed by atoms with Crippen LogP contribution >= 0.6 is 0 Å². The van der Waals surface area contributed by atoms with Crippen molar-refractivity contribution in [3.05, 3.63) is 231 Å². The van der Waals surface area contributed by atoms with Crippen LogP contribution in [0.4, 0.5) is 0 Å². The van der Waals surface area contributed by atoms with Crippen molar-refractivity contribution in [2.45, 2.75) is 0 Å². The number of benzene rings is 11. The summed E-state index contributed by atoms with van der Waals surface area (Å²) in [7, 11) is 0. The van der Waals surface area contributed by atoms with Gasteiger partial charge >= 0.3 is 0 Å². The van der Waals surface area contributed by atoms with Crippen LogP contribution in [0.5, 0.6) is 0 Å². The molecule has 0 atom stereocenters. The van der Waals surface area contributed by atoms with E-state index in [1.807, 2.05) is 0 Å². The fraction of sp³-hybridized carbons (Fsp3) is 0. The van der Waals surface area contributed by atoms with Crippen LogP contribution in [-0.4, -0.2) is 9.13 Å². The Labute approximate surface area is 358 Å². The minimum atomic E-state index is 1.16. The highest BCUT2D eigenvalue weighted by molar-refractivity contribution is 6.22. The molecule has 2 heteroatoms. The molecule has 0 fully saturated rings. The molecule has 13 aromatic rings. The second-order valence-electron chi connectivity index (χ2n) is 16.4. The maximum atomic E-state index is 2.47. The Hall–Kier alpha value is -8.20. The number of aromatic nitrogens is 2. The topological polar surface area (TPSA) is 9.86 Å². The van der Waals surface area contributed by atoms with E-state index in [4.69, 9.17) is 0 Å². The van der Waals surface area contributed by atoms with Crippen molar-refractivity contribution in [3.63, 3.8) is 0 Å². The minimum Gasteiger partial charge on any atom is -0.309 e. The summed E-state index contributed by atoms with van der Waals surface area (Å²) >= 11 is 0. The van der Waals surface area contributed by atoms with Gasteiger partial charge in [-0.25, -0.2) is 0 Å². The van der Waals surface area contributed by atoms with Crippen molar-refractivity contribution in [3.8, 4) is 44.8 Å². The predicted octanol–water partition coefficient (Wildman–Crippen LogP) is 16.3. The Balaban J connectivity index is 1.12. The third kappa shape index (κ3) is 5.17. The summed E-state index contributed by atoms with van der Waals surface area (Å²) in [4.78, 5) is 0. The van der Waals surface area contributed by atoms with Crippen LogP contribution in [0.25, 0.3) is 121 Å². The average molecular weight is 787 g/mol. The highest BCUT2D eigenvalue weighted by Crippen LogP contribution is 2.46. The van der Waals surface area contributed by atoms with Gasteiger partial charge in [0.15, 0.2) is 0 Å². The van der Waals surface area contributed by atoms with E-state index in [1.54, 1.807) is 0 Å². The molecule has 0 aliphatic rings. The van der Waals surface area contributed by atoms with Gasteiger partial charge in [0.2, 0.25) is 0 Å². The zero-order valence-electron chi connectivity index (χ0n) is 33.8. The highest BCUT2D eigenvalue weighted by atomic mass is 15.0. The van der Waals surface area contributed by atoms with E-state index in [0.29, 0.717) is 0 Å². The lowest BCUT2D eigenvalue weighted by molar-refractivity contribution is 1.18. The van der Waals surface area contributed by atoms with Gasteiger partial charge in [-0.05, 0) is 120 Å². The lowest BCUT2D eigenvalue weighted by Gasteiger charge is -2.19. The third-order valence-electron chi connectivity index (χ3n) is 13.1. The van der Waals surface area contributed by atoms with Crippen molar-refractivity contribution in [1.82, 2.24) is 9.13 Å². The molecule has 0 radical (unpaired) electrons. The fourth-order valence-electron chi connectivity index (χ4n) is 10.4. The van der Waals surface area contributed by atoms with E-state index in [2.05, 4.69) is 240 Å². The molecule has 2 heterocycles. The maximum Gasteiger partial charge on any atom is 0.0547 e. The van der Waals surface area contributed by atoms with Gasteiger partial charge in [-0.3, -0.25) is 0 Å². The molecule has 11 aromatic carbocycles. The van der Waals surface area contributed by atoms with Crippen molar-refractivity contribution in [1.29, 1.82) is 0 Å². The lowest BCUT2D eigenvalue weighted by Crippen LogP contribution is -1.94. The first-order valence-corrected chi connectivity index (χ1v) is 21.4. The van der Waals surface area contributed by atoms with E-state index in [1.165, 1.54) is 109 Å². The molecular weight excluding hydrogens is 749 g/mol. The molecule has 0 unspecified atom stereocenters. The normalized spacial score (nSPS) is 11.9. The SMILES string of the molecule is c1ccc(-n2c3ccccc3c3ccc(-c4cccc5c(-c6cccc7ccccc67)c6cccc(-c7ccc8c9ccccc9n(-c9ccccc9)c8c7)c6cc45)cc32)cc1. The Morgan fingerprint density at radius 3 is 1.18 bits per heavy atom. The molecule has 0 saturated carbocycles.